The Kier molecular flexibility index (Phi) is 4.94. The minimum atomic E-state index is -4.33. The van der Waals surface area contributed by atoms with Gasteiger partial charge in [-0.05, 0) is 68.2 Å². The molecule has 1 heterocycles. The Labute approximate surface area is 135 Å². The van der Waals surface area contributed by atoms with E-state index < -0.39 is 11.7 Å². The zero-order valence-corrected chi connectivity index (χ0v) is 14.3. The summed E-state index contributed by atoms with van der Waals surface area (Å²) in [7, 11) is 1.73. The molecule has 2 rings (SSSR count). The largest absolute Gasteiger partial charge is 0.416 e. The van der Waals surface area contributed by atoms with Crippen molar-refractivity contribution in [1.29, 1.82) is 0 Å². The molecule has 1 aromatic carbocycles. The molecule has 0 saturated heterocycles. The lowest BCUT2D eigenvalue weighted by Crippen LogP contribution is -2.18. The van der Waals surface area contributed by atoms with Crippen LogP contribution in [0.25, 0.3) is 0 Å². The summed E-state index contributed by atoms with van der Waals surface area (Å²) in [5.41, 5.74) is 0.845. The number of halogens is 5. The second kappa shape index (κ2) is 6.17. The molecule has 0 fully saturated rings. The van der Waals surface area contributed by atoms with Crippen LogP contribution in [0.3, 0.4) is 0 Å². The minimum absolute atomic E-state index is 0.297. The highest BCUT2D eigenvalue weighted by Gasteiger charge is 2.31. The summed E-state index contributed by atoms with van der Waals surface area (Å²) in [6, 6.07) is 6.98. The van der Waals surface area contributed by atoms with Crippen molar-refractivity contribution in [2.45, 2.75) is 12.2 Å². The number of thiophene rings is 1. The second-order valence-electron chi connectivity index (χ2n) is 4.12. The third kappa shape index (κ3) is 3.44. The molecular formula is C13H10Br2F3NS. The van der Waals surface area contributed by atoms with Gasteiger partial charge in [-0.25, -0.2) is 0 Å². The van der Waals surface area contributed by atoms with Crippen molar-refractivity contribution in [3.05, 3.63) is 54.6 Å². The molecule has 0 spiro atoms. The average Bonchev–Trinajstić information content (AvgIpc) is 2.69. The fraction of sp³-hybridized carbons (Fsp3) is 0.231. The van der Waals surface area contributed by atoms with E-state index in [1.807, 2.05) is 6.07 Å². The number of alkyl halides is 3. The van der Waals surface area contributed by atoms with Crippen LogP contribution in [-0.4, -0.2) is 7.05 Å². The first-order chi connectivity index (χ1) is 9.32. The van der Waals surface area contributed by atoms with E-state index in [0.29, 0.717) is 5.56 Å². The third-order valence-corrected chi connectivity index (χ3v) is 5.22. The third-order valence-electron chi connectivity index (χ3n) is 2.83. The Morgan fingerprint density at radius 1 is 1.20 bits per heavy atom. The SMILES string of the molecule is CNC(c1cccc(C(F)(F)F)c1)c1cc(Br)sc1Br. The zero-order chi connectivity index (χ0) is 14.9. The van der Waals surface area contributed by atoms with Gasteiger partial charge in [0, 0.05) is 0 Å². The van der Waals surface area contributed by atoms with Crippen molar-refractivity contribution >= 4 is 43.2 Å². The van der Waals surface area contributed by atoms with Gasteiger partial charge in [-0.2, -0.15) is 13.2 Å². The Balaban J connectivity index is 2.45. The quantitative estimate of drug-likeness (QED) is 0.670. The fourth-order valence-electron chi connectivity index (χ4n) is 1.95. The van der Waals surface area contributed by atoms with E-state index in [1.165, 1.54) is 23.5 Å². The summed E-state index contributed by atoms with van der Waals surface area (Å²) in [5, 5.41) is 3.06. The molecule has 0 aliphatic rings. The van der Waals surface area contributed by atoms with Crippen LogP contribution in [0.5, 0.6) is 0 Å². The maximum Gasteiger partial charge on any atom is 0.416 e. The molecule has 1 N–H and O–H groups in total. The van der Waals surface area contributed by atoms with E-state index in [9.17, 15) is 13.2 Å². The highest BCUT2D eigenvalue weighted by molar-refractivity contribution is 9.12. The normalized spacial score (nSPS) is 13.5. The molecule has 7 heteroatoms. The van der Waals surface area contributed by atoms with E-state index in [2.05, 4.69) is 37.2 Å². The van der Waals surface area contributed by atoms with Gasteiger partial charge in [-0.1, -0.05) is 12.1 Å². The van der Waals surface area contributed by atoms with Crippen LogP contribution < -0.4 is 5.32 Å². The van der Waals surface area contributed by atoms with Gasteiger partial charge in [0.15, 0.2) is 0 Å². The predicted molar refractivity (Wildman–Crippen MR) is 82.1 cm³/mol. The molecule has 0 radical (unpaired) electrons. The lowest BCUT2D eigenvalue weighted by atomic mass is 9.99. The highest BCUT2D eigenvalue weighted by atomic mass is 79.9. The van der Waals surface area contributed by atoms with Crippen LogP contribution >= 0.6 is 43.2 Å². The molecular weight excluding hydrogens is 419 g/mol. The first-order valence-electron chi connectivity index (χ1n) is 5.62. The molecule has 0 aliphatic heterocycles. The maximum absolute atomic E-state index is 12.8. The van der Waals surface area contributed by atoms with Gasteiger partial charge >= 0.3 is 6.18 Å². The minimum Gasteiger partial charge on any atom is -0.309 e. The van der Waals surface area contributed by atoms with Crippen LogP contribution in [0.15, 0.2) is 37.9 Å². The Hall–Kier alpha value is -0.370. The summed E-state index contributed by atoms with van der Waals surface area (Å²) < 4.78 is 40.2. The summed E-state index contributed by atoms with van der Waals surface area (Å²) in [6.07, 6.45) is -4.33. The molecule has 1 nitrogen and oxygen atoms in total. The Morgan fingerprint density at radius 3 is 2.40 bits per heavy atom. The summed E-state index contributed by atoms with van der Waals surface area (Å²) in [6.45, 7) is 0. The Bertz CT molecular complexity index is 610. The lowest BCUT2D eigenvalue weighted by molar-refractivity contribution is -0.137. The molecule has 0 bridgehead atoms. The van der Waals surface area contributed by atoms with Crippen LogP contribution in [0.1, 0.15) is 22.7 Å². The molecule has 0 amide bonds. The van der Waals surface area contributed by atoms with Gasteiger partial charge < -0.3 is 5.32 Å². The van der Waals surface area contributed by atoms with Crippen molar-refractivity contribution in [2.75, 3.05) is 7.05 Å². The average molecular weight is 429 g/mol. The van der Waals surface area contributed by atoms with Crippen molar-refractivity contribution < 1.29 is 13.2 Å². The van der Waals surface area contributed by atoms with Crippen LogP contribution in [0.4, 0.5) is 13.2 Å². The zero-order valence-electron chi connectivity index (χ0n) is 10.3. The molecule has 0 aliphatic carbocycles. The van der Waals surface area contributed by atoms with Crippen molar-refractivity contribution in [1.82, 2.24) is 5.32 Å². The molecule has 20 heavy (non-hydrogen) atoms. The first-order valence-corrected chi connectivity index (χ1v) is 8.02. The van der Waals surface area contributed by atoms with Crippen LogP contribution in [-0.2, 0) is 6.18 Å². The monoisotopic (exact) mass is 427 g/mol. The molecule has 1 unspecified atom stereocenters. The molecule has 1 aromatic heterocycles. The van der Waals surface area contributed by atoms with E-state index in [4.69, 9.17) is 0 Å². The van der Waals surface area contributed by atoms with Gasteiger partial charge in [-0.15, -0.1) is 11.3 Å². The van der Waals surface area contributed by atoms with E-state index in [1.54, 1.807) is 13.1 Å². The van der Waals surface area contributed by atoms with Crippen LogP contribution in [0, 0.1) is 0 Å². The van der Waals surface area contributed by atoms with Crippen molar-refractivity contribution in [3.8, 4) is 0 Å². The molecule has 1 atom stereocenters. The molecule has 108 valence electrons. The number of hydrogen-bond acceptors (Lipinski definition) is 2. The number of rotatable bonds is 3. The topological polar surface area (TPSA) is 12.0 Å². The fourth-order valence-corrected chi connectivity index (χ4v) is 4.85. The van der Waals surface area contributed by atoms with E-state index in [-0.39, 0.29) is 6.04 Å². The number of benzene rings is 1. The Morgan fingerprint density at radius 2 is 1.90 bits per heavy atom. The van der Waals surface area contributed by atoms with Gasteiger partial charge in [0.05, 0.1) is 19.2 Å². The van der Waals surface area contributed by atoms with Gasteiger partial charge in [0.25, 0.3) is 0 Å². The van der Waals surface area contributed by atoms with E-state index >= 15 is 0 Å². The molecule has 0 saturated carbocycles. The first kappa shape index (κ1) is 16.0. The smallest absolute Gasteiger partial charge is 0.309 e. The predicted octanol–water partition coefficient (Wildman–Crippen LogP) is 5.60. The van der Waals surface area contributed by atoms with Crippen LogP contribution in [0.2, 0.25) is 0 Å². The standard InChI is InChI=1S/C13H10Br2F3NS/c1-19-11(9-6-10(14)20-12(9)15)7-3-2-4-8(5-7)13(16,17)18/h2-6,11,19H,1H3. The lowest BCUT2D eigenvalue weighted by Gasteiger charge is -2.18. The van der Waals surface area contributed by atoms with Crippen molar-refractivity contribution in [3.63, 3.8) is 0 Å². The van der Waals surface area contributed by atoms with E-state index in [0.717, 1.165) is 19.2 Å². The van der Waals surface area contributed by atoms with Crippen molar-refractivity contribution in [2.24, 2.45) is 0 Å². The number of hydrogen-bond donors (Lipinski definition) is 1. The maximum atomic E-state index is 12.8. The molecule has 2 aromatic rings. The number of nitrogens with one attached hydrogen (secondary N) is 1. The second-order valence-corrected chi connectivity index (χ2v) is 7.87. The highest BCUT2D eigenvalue weighted by Crippen LogP contribution is 2.39. The van der Waals surface area contributed by atoms with Gasteiger partial charge in [0.2, 0.25) is 0 Å². The summed E-state index contributed by atoms with van der Waals surface area (Å²) in [4.78, 5) is 0. The van der Waals surface area contributed by atoms with Gasteiger partial charge in [0.1, 0.15) is 0 Å². The summed E-state index contributed by atoms with van der Waals surface area (Å²) in [5.74, 6) is 0. The summed E-state index contributed by atoms with van der Waals surface area (Å²) >= 11 is 8.31. The van der Waals surface area contributed by atoms with Gasteiger partial charge in [-0.3, -0.25) is 0 Å².